The van der Waals surface area contributed by atoms with Crippen LogP contribution in [-0.4, -0.2) is 41.3 Å². The molecule has 110 valence electrons. The van der Waals surface area contributed by atoms with Crippen molar-refractivity contribution in [3.05, 3.63) is 29.8 Å². The van der Waals surface area contributed by atoms with Crippen molar-refractivity contribution in [2.75, 3.05) is 13.2 Å². The largest absolute Gasteiger partial charge is 0.484 e. The first-order chi connectivity index (χ1) is 9.56. The smallest absolute Gasteiger partial charge is 0.326 e. The van der Waals surface area contributed by atoms with Crippen molar-refractivity contribution >= 4 is 11.9 Å². The van der Waals surface area contributed by atoms with Gasteiger partial charge in [-0.05, 0) is 24.1 Å². The lowest BCUT2D eigenvalue weighted by Crippen LogP contribution is -2.43. The number of ether oxygens (including phenoxy) is 1. The quantitative estimate of drug-likeness (QED) is 0.648. The highest BCUT2D eigenvalue weighted by molar-refractivity contribution is 5.84. The van der Waals surface area contributed by atoms with Crippen LogP contribution in [0.25, 0.3) is 0 Å². The standard InChI is InChI=1S/C14H19NO5/c1-2-10-4-3-5-11(8-10)20-9-13(17)15-12(6-7-16)14(18)19/h3-5,8,12,16H,2,6-7,9H2,1H3,(H,15,17)(H,18,19)/t12-/m0/s1. The number of amides is 1. The zero-order valence-electron chi connectivity index (χ0n) is 11.3. The number of aliphatic hydroxyl groups is 1. The lowest BCUT2D eigenvalue weighted by atomic mass is 10.2. The molecule has 0 aliphatic carbocycles. The molecule has 0 saturated carbocycles. The highest BCUT2D eigenvalue weighted by atomic mass is 16.5. The first-order valence-electron chi connectivity index (χ1n) is 6.41. The van der Waals surface area contributed by atoms with Crippen LogP contribution in [0, 0.1) is 0 Å². The molecule has 20 heavy (non-hydrogen) atoms. The van der Waals surface area contributed by atoms with Gasteiger partial charge in [-0.2, -0.15) is 0 Å². The zero-order valence-corrected chi connectivity index (χ0v) is 11.3. The molecule has 0 radical (unpaired) electrons. The van der Waals surface area contributed by atoms with Gasteiger partial charge >= 0.3 is 5.97 Å². The van der Waals surface area contributed by atoms with Gasteiger partial charge in [0.2, 0.25) is 0 Å². The van der Waals surface area contributed by atoms with E-state index in [9.17, 15) is 9.59 Å². The second-order valence-electron chi connectivity index (χ2n) is 4.26. The van der Waals surface area contributed by atoms with Crippen molar-refractivity contribution < 1.29 is 24.5 Å². The SMILES string of the molecule is CCc1cccc(OCC(=O)N[C@@H](CCO)C(=O)O)c1. The van der Waals surface area contributed by atoms with E-state index in [0.717, 1.165) is 12.0 Å². The number of aliphatic hydroxyl groups excluding tert-OH is 1. The molecule has 0 aliphatic rings. The van der Waals surface area contributed by atoms with Crippen molar-refractivity contribution in [1.82, 2.24) is 5.32 Å². The lowest BCUT2D eigenvalue weighted by Gasteiger charge is -2.13. The fraction of sp³-hybridized carbons (Fsp3) is 0.429. The predicted octanol–water partition coefficient (Wildman–Crippen LogP) is 0.580. The number of carbonyl (C=O) groups excluding carboxylic acids is 1. The van der Waals surface area contributed by atoms with Crippen LogP contribution in [0.5, 0.6) is 5.75 Å². The molecule has 1 rings (SSSR count). The van der Waals surface area contributed by atoms with Gasteiger partial charge in [0.15, 0.2) is 6.61 Å². The summed E-state index contributed by atoms with van der Waals surface area (Å²) in [6.07, 6.45) is 0.827. The van der Waals surface area contributed by atoms with Crippen molar-refractivity contribution in [2.24, 2.45) is 0 Å². The van der Waals surface area contributed by atoms with Crippen LogP contribution in [-0.2, 0) is 16.0 Å². The molecule has 1 aromatic rings. The summed E-state index contributed by atoms with van der Waals surface area (Å²) in [5.74, 6) is -1.15. The topological polar surface area (TPSA) is 95.9 Å². The summed E-state index contributed by atoms with van der Waals surface area (Å²) in [6, 6.07) is 6.25. The minimum absolute atomic E-state index is 0.0353. The van der Waals surface area contributed by atoms with E-state index < -0.39 is 17.9 Å². The van der Waals surface area contributed by atoms with Crippen LogP contribution in [0.2, 0.25) is 0 Å². The van der Waals surface area contributed by atoms with Gasteiger partial charge in [-0.3, -0.25) is 4.79 Å². The molecule has 1 amide bonds. The van der Waals surface area contributed by atoms with Crippen molar-refractivity contribution in [3.63, 3.8) is 0 Å². The zero-order chi connectivity index (χ0) is 15.0. The van der Waals surface area contributed by atoms with Gasteiger partial charge < -0.3 is 20.3 Å². The van der Waals surface area contributed by atoms with E-state index in [4.69, 9.17) is 14.9 Å². The van der Waals surface area contributed by atoms with Crippen molar-refractivity contribution in [2.45, 2.75) is 25.8 Å². The molecule has 0 aliphatic heterocycles. The monoisotopic (exact) mass is 281 g/mol. The molecular weight excluding hydrogens is 262 g/mol. The van der Waals surface area contributed by atoms with E-state index >= 15 is 0 Å². The number of aliphatic carboxylic acids is 1. The summed E-state index contributed by atoms with van der Waals surface area (Å²) in [7, 11) is 0. The normalized spacial score (nSPS) is 11.7. The molecule has 0 unspecified atom stereocenters. The maximum atomic E-state index is 11.6. The Balaban J connectivity index is 2.47. The minimum atomic E-state index is -1.18. The summed E-state index contributed by atoms with van der Waals surface area (Å²) >= 11 is 0. The van der Waals surface area contributed by atoms with Crippen LogP contribution in [0.1, 0.15) is 18.9 Å². The van der Waals surface area contributed by atoms with Gasteiger partial charge in [0.05, 0.1) is 0 Å². The van der Waals surface area contributed by atoms with E-state index in [1.165, 1.54) is 0 Å². The molecule has 0 saturated heterocycles. The Labute approximate surface area is 117 Å². The molecule has 0 fully saturated rings. The van der Waals surface area contributed by atoms with Gasteiger partial charge in [-0.25, -0.2) is 4.79 Å². The highest BCUT2D eigenvalue weighted by Gasteiger charge is 2.19. The molecule has 6 nitrogen and oxygen atoms in total. The van der Waals surface area contributed by atoms with E-state index in [0.29, 0.717) is 5.75 Å². The number of benzene rings is 1. The molecule has 0 spiro atoms. The number of carboxylic acid groups (broad SMARTS) is 1. The van der Waals surface area contributed by atoms with Crippen LogP contribution in [0.4, 0.5) is 0 Å². The van der Waals surface area contributed by atoms with Crippen LogP contribution in [0.3, 0.4) is 0 Å². The summed E-state index contributed by atoms with van der Waals surface area (Å²) in [6.45, 7) is 1.44. The molecule has 3 N–H and O–H groups in total. The number of aryl methyl sites for hydroxylation is 1. The minimum Gasteiger partial charge on any atom is -0.484 e. The second-order valence-corrected chi connectivity index (χ2v) is 4.26. The number of rotatable bonds is 8. The summed E-state index contributed by atoms with van der Waals surface area (Å²) in [5, 5.41) is 19.9. The molecule has 0 aromatic heterocycles. The molecular formula is C14H19NO5. The number of hydrogen-bond acceptors (Lipinski definition) is 4. The van der Waals surface area contributed by atoms with Crippen LogP contribution >= 0.6 is 0 Å². The van der Waals surface area contributed by atoms with E-state index in [2.05, 4.69) is 5.32 Å². The number of carbonyl (C=O) groups is 2. The Hall–Kier alpha value is -2.08. The average Bonchev–Trinajstić information content (AvgIpc) is 2.44. The Morgan fingerprint density at radius 1 is 1.40 bits per heavy atom. The fourth-order valence-electron chi connectivity index (χ4n) is 1.63. The third-order valence-corrected chi connectivity index (χ3v) is 2.73. The van der Waals surface area contributed by atoms with E-state index in [1.807, 2.05) is 25.1 Å². The molecule has 0 bridgehead atoms. The van der Waals surface area contributed by atoms with Gasteiger partial charge in [0, 0.05) is 13.0 Å². The Bertz CT molecular complexity index is 461. The summed E-state index contributed by atoms with van der Waals surface area (Å²) < 4.78 is 5.30. The van der Waals surface area contributed by atoms with Gasteiger partial charge in [-0.1, -0.05) is 19.1 Å². The van der Waals surface area contributed by atoms with E-state index in [1.54, 1.807) is 6.07 Å². The number of hydrogen-bond donors (Lipinski definition) is 3. The van der Waals surface area contributed by atoms with E-state index in [-0.39, 0.29) is 19.6 Å². The van der Waals surface area contributed by atoms with Gasteiger partial charge in [-0.15, -0.1) is 0 Å². The molecule has 1 aromatic carbocycles. The van der Waals surface area contributed by atoms with Gasteiger partial charge in [0.1, 0.15) is 11.8 Å². The van der Waals surface area contributed by atoms with Crippen molar-refractivity contribution in [1.29, 1.82) is 0 Å². The maximum Gasteiger partial charge on any atom is 0.326 e. The molecule has 0 heterocycles. The second kappa shape index (κ2) is 8.16. The highest BCUT2D eigenvalue weighted by Crippen LogP contribution is 2.13. The molecule has 1 atom stereocenters. The lowest BCUT2D eigenvalue weighted by molar-refractivity contribution is -0.142. The Kier molecular flexibility index (Phi) is 6.52. The average molecular weight is 281 g/mol. The Morgan fingerprint density at radius 3 is 2.75 bits per heavy atom. The third kappa shape index (κ3) is 5.27. The first-order valence-corrected chi connectivity index (χ1v) is 6.41. The maximum absolute atomic E-state index is 11.6. The number of nitrogens with one attached hydrogen (secondary N) is 1. The first kappa shape index (κ1) is 16.0. The Morgan fingerprint density at radius 2 is 2.15 bits per heavy atom. The summed E-state index contributed by atoms with van der Waals surface area (Å²) in [5.41, 5.74) is 1.09. The third-order valence-electron chi connectivity index (χ3n) is 2.73. The van der Waals surface area contributed by atoms with Gasteiger partial charge in [0.25, 0.3) is 5.91 Å². The van der Waals surface area contributed by atoms with Crippen molar-refractivity contribution in [3.8, 4) is 5.75 Å². The molecule has 6 heteroatoms. The van der Waals surface area contributed by atoms with Crippen LogP contribution < -0.4 is 10.1 Å². The number of carboxylic acids is 1. The predicted molar refractivity (Wildman–Crippen MR) is 72.6 cm³/mol. The van der Waals surface area contributed by atoms with Crippen LogP contribution in [0.15, 0.2) is 24.3 Å². The summed E-state index contributed by atoms with van der Waals surface area (Å²) in [4.78, 5) is 22.4. The fourth-order valence-corrected chi connectivity index (χ4v) is 1.63.